The quantitative estimate of drug-likeness (QED) is 0.316. The summed E-state index contributed by atoms with van der Waals surface area (Å²) in [6.07, 6.45) is 1.22. The van der Waals surface area contributed by atoms with Crippen LogP contribution >= 0.6 is 39.1 Å². The highest BCUT2D eigenvalue weighted by Crippen LogP contribution is 2.30. The lowest BCUT2D eigenvalue weighted by Gasteiger charge is -2.32. The van der Waals surface area contributed by atoms with E-state index in [1.54, 1.807) is 18.2 Å². The number of benzene rings is 2. The van der Waals surface area contributed by atoms with Gasteiger partial charge in [0.2, 0.25) is 5.91 Å². The fourth-order valence-corrected chi connectivity index (χ4v) is 4.46. The fourth-order valence-electron chi connectivity index (χ4n) is 3.43. The molecular formula is C26H33BrCl2N2O3. The van der Waals surface area contributed by atoms with Crippen molar-refractivity contribution in [3.8, 4) is 5.75 Å². The number of nitrogens with one attached hydrogen (secondary N) is 1. The van der Waals surface area contributed by atoms with Gasteiger partial charge in [-0.1, -0.05) is 63.0 Å². The Morgan fingerprint density at radius 1 is 1.06 bits per heavy atom. The normalized spacial score (nSPS) is 12.9. The number of halogens is 3. The highest BCUT2D eigenvalue weighted by molar-refractivity contribution is 9.10. The predicted octanol–water partition coefficient (Wildman–Crippen LogP) is 6.98. The smallest absolute Gasteiger partial charge is 0.261 e. The average molecular weight is 572 g/mol. The van der Waals surface area contributed by atoms with Gasteiger partial charge in [0, 0.05) is 28.2 Å². The Morgan fingerprint density at radius 2 is 1.71 bits per heavy atom. The molecule has 0 bridgehead atoms. The van der Waals surface area contributed by atoms with Gasteiger partial charge in [-0.15, -0.1) is 0 Å². The minimum atomic E-state index is -0.691. The maximum atomic E-state index is 13.4. The van der Waals surface area contributed by atoms with Crippen molar-refractivity contribution in [1.82, 2.24) is 10.2 Å². The van der Waals surface area contributed by atoms with Crippen LogP contribution in [-0.2, 0) is 16.1 Å². The van der Waals surface area contributed by atoms with E-state index in [9.17, 15) is 9.59 Å². The number of amides is 2. The van der Waals surface area contributed by atoms with Gasteiger partial charge >= 0.3 is 0 Å². The van der Waals surface area contributed by atoms with Gasteiger partial charge in [-0.05, 0) is 71.4 Å². The number of carbonyl (C=O) groups is 2. The van der Waals surface area contributed by atoms with Gasteiger partial charge in [0.15, 0.2) is 6.61 Å². The van der Waals surface area contributed by atoms with Gasteiger partial charge < -0.3 is 15.0 Å². The molecular weight excluding hydrogens is 539 g/mol. The van der Waals surface area contributed by atoms with Gasteiger partial charge in [-0.2, -0.15) is 0 Å². The summed E-state index contributed by atoms with van der Waals surface area (Å²) in [5, 5.41) is 3.86. The van der Waals surface area contributed by atoms with Gasteiger partial charge in [0.25, 0.3) is 5.91 Å². The molecule has 0 aliphatic rings. The maximum absolute atomic E-state index is 13.4. The molecule has 0 aliphatic heterocycles. The molecule has 2 rings (SSSR count). The third-order valence-electron chi connectivity index (χ3n) is 5.75. The summed E-state index contributed by atoms with van der Waals surface area (Å²) in [6.45, 7) is 9.89. The molecule has 2 aromatic carbocycles. The lowest BCUT2D eigenvalue weighted by Crippen LogP contribution is -2.51. The molecule has 0 aromatic heterocycles. The maximum Gasteiger partial charge on any atom is 0.261 e. The van der Waals surface area contributed by atoms with E-state index in [1.807, 2.05) is 39.0 Å². The van der Waals surface area contributed by atoms with Crippen LogP contribution in [0.3, 0.4) is 0 Å². The Balaban J connectivity index is 2.30. The van der Waals surface area contributed by atoms with E-state index < -0.39 is 6.04 Å². The molecule has 0 fully saturated rings. The summed E-state index contributed by atoms with van der Waals surface area (Å²) < 4.78 is 6.63. The van der Waals surface area contributed by atoms with E-state index in [0.717, 1.165) is 16.5 Å². The zero-order valence-corrected chi connectivity index (χ0v) is 23.4. The molecule has 2 amide bonds. The fraction of sp³-hybridized carbons (Fsp3) is 0.462. The topological polar surface area (TPSA) is 58.6 Å². The van der Waals surface area contributed by atoms with Crippen molar-refractivity contribution in [2.24, 2.45) is 0 Å². The summed E-state index contributed by atoms with van der Waals surface area (Å²) in [4.78, 5) is 28.0. The van der Waals surface area contributed by atoms with Gasteiger partial charge in [0.05, 0.1) is 4.47 Å². The monoisotopic (exact) mass is 570 g/mol. The second-order valence-electron chi connectivity index (χ2n) is 8.60. The second-order valence-corrected chi connectivity index (χ2v) is 10.3. The molecule has 0 saturated carbocycles. The number of ether oxygens (including phenoxy) is 1. The van der Waals surface area contributed by atoms with Crippen LogP contribution in [0, 0.1) is 0 Å². The van der Waals surface area contributed by atoms with Crippen molar-refractivity contribution < 1.29 is 14.3 Å². The van der Waals surface area contributed by atoms with Crippen molar-refractivity contribution >= 4 is 50.9 Å². The van der Waals surface area contributed by atoms with E-state index in [1.165, 1.54) is 4.90 Å². The average Bonchev–Trinajstić information content (AvgIpc) is 2.79. The minimum absolute atomic E-state index is 0.00548. The largest absolute Gasteiger partial charge is 0.483 e. The van der Waals surface area contributed by atoms with E-state index in [-0.39, 0.29) is 31.0 Å². The highest BCUT2D eigenvalue weighted by Gasteiger charge is 2.30. The van der Waals surface area contributed by atoms with Crippen LogP contribution < -0.4 is 10.1 Å². The number of nitrogens with zero attached hydrogens (tertiary/aromatic N) is 1. The van der Waals surface area contributed by atoms with E-state index in [2.05, 4.69) is 35.1 Å². The number of hydrogen-bond donors (Lipinski definition) is 1. The molecule has 8 heteroatoms. The van der Waals surface area contributed by atoms with Crippen LogP contribution in [0.25, 0.3) is 0 Å². The van der Waals surface area contributed by atoms with Crippen LogP contribution in [0.2, 0.25) is 10.0 Å². The van der Waals surface area contributed by atoms with Crippen molar-refractivity contribution in [2.75, 3.05) is 6.61 Å². The predicted molar refractivity (Wildman–Crippen MR) is 143 cm³/mol. The van der Waals surface area contributed by atoms with Crippen LogP contribution in [0.15, 0.2) is 40.9 Å². The molecule has 186 valence electrons. The summed E-state index contributed by atoms with van der Waals surface area (Å²) in [5.74, 6) is 0.389. The first-order valence-corrected chi connectivity index (χ1v) is 13.1. The first-order valence-electron chi connectivity index (χ1n) is 11.5. The van der Waals surface area contributed by atoms with E-state index in [4.69, 9.17) is 27.9 Å². The van der Waals surface area contributed by atoms with Crippen molar-refractivity contribution in [1.29, 1.82) is 0 Å². The third-order valence-corrected chi connectivity index (χ3v) is 7.08. The summed E-state index contributed by atoms with van der Waals surface area (Å²) in [5.41, 5.74) is 1.75. The summed E-state index contributed by atoms with van der Waals surface area (Å²) in [7, 11) is 0. The zero-order chi connectivity index (χ0) is 25.4. The number of rotatable bonds is 11. The Bertz CT molecular complexity index is 980. The third kappa shape index (κ3) is 7.62. The first kappa shape index (κ1) is 28.5. The van der Waals surface area contributed by atoms with Gasteiger partial charge in [0.1, 0.15) is 11.8 Å². The number of carbonyl (C=O) groups excluding carboxylic acids is 2. The molecule has 0 spiro atoms. The number of hydrogen-bond acceptors (Lipinski definition) is 3. The van der Waals surface area contributed by atoms with Crippen molar-refractivity contribution in [2.45, 2.75) is 72.0 Å². The van der Waals surface area contributed by atoms with Crippen LogP contribution in [0.5, 0.6) is 5.75 Å². The van der Waals surface area contributed by atoms with Gasteiger partial charge in [-0.25, -0.2) is 0 Å². The van der Waals surface area contributed by atoms with E-state index in [0.29, 0.717) is 33.7 Å². The summed E-state index contributed by atoms with van der Waals surface area (Å²) >= 11 is 16.3. The zero-order valence-electron chi connectivity index (χ0n) is 20.3. The molecule has 1 N–H and O–H groups in total. The Labute approximate surface area is 221 Å². The molecule has 0 unspecified atom stereocenters. The molecule has 0 heterocycles. The van der Waals surface area contributed by atoms with Crippen LogP contribution in [-0.4, -0.2) is 35.4 Å². The molecule has 5 nitrogen and oxygen atoms in total. The van der Waals surface area contributed by atoms with E-state index >= 15 is 0 Å². The summed E-state index contributed by atoms with van der Waals surface area (Å²) in [6, 6.07) is 10.3. The molecule has 2 aromatic rings. The lowest BCUT2D eigenvalue weighted by molar-refractivity contribution is -0.143. The molecule has 0 saturated heterocycles. The molecule has 0 radical (unpaired) electrons. The Kier molecular flexibility index (Phi) is 11.2. The van der Waals surface area contributed by atoms with Crippen molar-refractivity contribution in [3.05, 3.63) is 62.0 Å². The second kappa shape index (κ2) is 13.4. The molecule has 2 atom stereocenters. The van der Waals surface area contributed by atoms with Crippen LogP contribution in [0.4, 0.5) is 0 Å². The first-order chi connectivity index (χ1) is 16.1. The molecule has 0 aliphatic carbocycles. The SMILES string of the molecule is CC[C@H](C)NC(=O)[C@H](CC)N(Cc1c(Cl)cccc1Cl)C(=O)COc1ccc(C(C)C)cc1Br. The highest BCUT2D eigenvalue weighted by atomic mass is 79.9. The lowest BCUT2D eigenvalue weighted by atomic mass is 10.0. The standard InChI is InChI=1S/C26H33BrCl2N2O3/c1-6-17(5)30-26(33)23(7-2)31(14-19-21(28)9-8-10-22(19)29)25(32)15-34-24-12-11-18(16(3)4)13-20(24)27/h8-13,16-17,23H,6-7,14-15H2,1-5H3,(H,30,33)/t17-,23-/m0/s1. The Morgan fingerprint density at radius 3 is 2.24 bits per heavy atom. The van der Waals surface area contributed by atoms with Gasteiger partial charge in [-0.3, -0.25) is 9.59 Å². The minimum Gasteiger partial charge on any atom is -0.483 e. The Hall–Kier alpha value is -1.76. The van der Waals surface area contributed by atoms with Crippen molar-refractivity contribution in [3.63, 3.8) is 0 Å². The van der Waals surface area contributed by atoms with Crippen LogP contribution in [0.1, 0.15) is 64.5 Å². The molecule has 34 heavy (non-hydrogen) atoms.